The second kappa shape index (κ2) is 5.23. The molecule has 1 aromatic carbocycles. The van der Waals surface area contributed by atoms with Gasteiger partial charge in [0.25, 0.3) is 0 Å². The number of fused-ring (bicyclic) bond motifs is 1. The summed E-state index contributed by atoms with van der Waals surface area (Å²) in [6.07, 6.45) is 2.23. The predicted molar refractivity (Wildman–Crippen MR) is 77.6 cm³/mol. The minimum Gasteiger partial charge on any atom is -0.496 e. The maximum absolute atomic E-state index is 5.53. The van der Waals surface area contributed by atoms with Gasteiger partial charge in [-0.05, 0) is 17.7 Å². The van der Waals surface area contributed by atoms with E-state index in [1.54, 1.807) is 7.11 Å². The van der Waals surface area contributed by atoms with Crippen molar-refractivity contribution in [3.63, 3.8) is 0 Å². The molecule has 0 amide bonds. The molecule has 19 heavy (non-hydrogen) atoms. The number of ether oxygens (including phenoxy) is 1. The smallest absolute Gasteiger partial charge is 0.128 e. The van der Waals surface area contributed by atoms with Crippen molar-refractivity contribution in [2.45, 2.75) is 6.54 Å². The minimum atomic E-state index is 0.975. The van der Waals surface area contributed by atoms with Gasteiger partial charge in [0, 0.05) is 51.4 Å². The van der Waals surface area contributed by atoms with E-state index in [4.69, 9.17) is 4.74 Å². The zero-order valence-corrected chi connectivity index (χ0v) is 11.6. The zero-order valence-electron chi connectivity index (χ0n) is 11.6. The van der Waals surface area contributed by atoms with E-state index in [0.717, 1.165) is 38.5 Å². The Kier molecular flexibility index (Phi) is 3.44. The molecule has 0 atom stereocenters. The number of nitrogens with one attached hydrogen (secondary N) is 1. The van der Waals surface area contributed by atoms with Crippen molar-refractivity contribution in [1.29, 1.82) is 0 Å². The summed E-state index contributed by atoms with van der Waals surface area (Å²) in [5.41, 5.74) is 2.60. The normalized spacial score (nSPS) is 16.9. The molecule has 0 radical (unpaired) electrons. The van der Waals surface area contributed by atoms with Gasteiger partial charge < -0.3 is 14.6 Å². The van der Waals surface area contributed by atoms with E-state index in [9.17, 15) is 0 Å². The summed E-state index contributed by atoms with van der Waals surface area (Å²) in [6.45, 7) is 5.40. The lowest BCUT2D eigenvalue weighted by Gasteiger charge is -2.27. The highest BCUT2D eigenvalue weighted by atomic mass is 16.5. The molecule has 1 fully saturated rings. The first-order chi connectivity index (χ1) is 9.29. The molecule has 0 bridgehead atoms. The third-order valence-electron chi connectivity index (χ3n) is 3.88. The second-order valence-electron chi connectivity index (χ2n) is 5.15. The summed E-state index contributed by atoms with van der Waals surface area (Å²) >= 11 is 0. The zero-order chi connectivity index (χ0) is 13.2. The van der Waals surface area contributed by atoms with Crippen molar-refractivity contribution in [2.24, 2.45) is 7.05 Å². The molecule has 0 spiro atoms. The van der Waals surface area contributed by atoms with Crippen LogP contribution in [0.1, 0.15) is 5.56 Å². The van der Waals surface area contributed by atoms with Crippen LogP contribution in [0.25, 0.3) is 10.9 Å². The number of nitrogens with zero attached hydrogens (tertiary/aromatic N) is 2. The Bertz CT molecular complexity index is 570. The van der Waals surface area contributed by atoms with Crippen LogP contribution in [0.15, 0.2) is 24.4 Å². The molecule has 0 aliphatic carbocycles. The minimum absolute atomic E-state index is 0.975. The molecule has 4 nitrogen and oxygen atoms in total. The van der Waals surface area contributed by atoms with E-state index in [2.05, 4.69) is 40.2 Å². The molecule has 3 rings (SSSR count). The van der Waals surface area contributed by atoms with Crippen molar-refractivity contribution in [1.82, 2.24) is 14.8 Å². The molecule has 4 heteroatoms. The Morgan fingerprint density at radius 1 is 1.26 bits per heavy atom. The molecular weight excluding hydrogens is 238 g/mol. The number of piperazine rings is 1. The number of aromatic nitrogens is 1. The molecule has 102 valence electrons. The number of hydrogen-bond donors (Lipinski definition) is 1. The number of hydrogen-bond acceptors (Lipinski definition) is 3. The molecule has 0 saturated carbocycles. The van der Waals surface area contributed by atoms with Crippen molar-refractivity contribution in [3.05, 3.63) is 30.0 Å². The second-order valence-corrected chi connectivity index (χ2v) is 5.15. The lowest BCUT2D eigenvalue weighted by atomic mass is 10.1. The predicted octanol–water partition coefficient (Wildman–Crippen LogP) is 1.59. The van der Waals surface area contributed by atoms with Gasteiger partial charge in [-0.1, -0.05) is 6.07 Å². The van der Waals surface area contributed by atoms with Gasteiger partial charge in [-0.25, -0.2) is 0 Å². The molecule has 2 heterocycles. The Hall–Kier alpha value is -1.52. The average Bonchev–Trinajstić information content (AvgIpc) is 2.77. The lowest BCUT2D eigenvalue weighted by molar-refractivity contribution is 0.234. The molecule has 1 aromatic heterocycles. The van der Waals surface area contributed by atoms with Gasteiger partial charge in [-0.3, -0.25) is 4.90 Å². The fraction of sp³-hybridized carbons (Fsp3) is 0.467. The first kappa shape index (κ1) is 12.5. The third kappa shape index (κ3) is 2.33. The van der Waals surface area contributed by atoms with Crippen LogP contribution in [0.3, 0.4) is 0 Å². The first-order valence-electron chi connectivity index (χ1n) is 6.83. The first-order valence-corrected chi connectivity index (χ1v) is 6.83. The molecule has 2 aromatic rings. The maximum Gasteiger partial charge on any atom is 0.128 e. The molecule has 0 unspecified atom stereocenters. The number of methoxy groups -OCH3 is 1. The van der Waals surface area contributed by atoms with Crippen LogP contribution in [-0.2, 0) is 13.6 Å². The van der Waals surface area contributed by atoms with Crippen LogP contribution >= 0.6 is 0 Å². The number of aryl methyl sites for hydroxylation is 1. The van der Waals surface area contributed by atoms with Crippen LogP contribution in [0.4, 0.5) is 0 Å². The van der Waals surface area contributed by atoms with Crippen molar-refractivity contribution in [2.75, 3.05) is 33.3 Å². The number of benzene rings is 1. The van der Waals surface area contributed by atoms with Crippen LogP contribution in [-0.4, -0.2) is 42.8 Å². The van der Waals surface area contributed by atoms with Crippen LogP contribution in [0.5, 0.6) is 5.75 Å². The number of rotatable bonds is 3. The SMILES string of the molecule is COc1cccc2c1c(CN1CCNCC1)cn2C. The highest BCUT2D eigenvalue weighted by Gasteiger charge is 2.15. The van der Waals surface area contributed by atoms with Gasteiger partial charge in [0.15, 0.2) is 0 Å². The quantitative estimate of drug-likeness (QED) is 0.908. The molecular formula is C15H21N3O. The topological polar surface area (TPSA) is 29.4 Å². The summed E-state index contributed by atoms with van der Waals surface area (Å²) in [7, 11) is 3.85. The Balaban J connectivity index is 1.98. The highest BCUT2D eigenvalue weighted by molar-refractivity contribution is 5.90. The summed E-state index contributed by atoms with van der Waals surface area (Å²) in [6, 6.07) is 6.25. The van der Waals surface area contributed by atoms with E-state index in [0.29, 0.717) is 0 Å². The Morgan fingerprint density at radius 3 is 2.79 bits per heavy atom. The summed E-state index contributed by atoms with van der Waals surface area (Å²) < 4.78 is 7.72. The third-order valence-corrected chi connectivity index (χ3v) is 3.88. The fourth-order valence-corrected chi connectivity index (χ4v) is 2.90. The van der Waals surface area contributed by atoms with Gasteiger partial charge in [-0.15, -0.1) is 0 Å². The van der Waals surface area contributed by atoms with Gasteiger partial charge >= 0.3 is 0 Å². The summed E-state index contributed by atoms with van der Waals surface area (Å²) in [5, 5.41) is 4.65. The molecule has 1 aliphatic rings. The van der Waals surface area contributed by atoms with Gasteiger partial charge in [0.2, 0.25) is 0 Å². The average molecular weight is 259 g/mol. The van der Waals surface area contributed by atoms with Gasteiger partial charge in [0.1, 0.15) is 5.75 Å². The van der Waals surface area contributed by atoms with Crippen molar-refractivity contribution >= 4 is 10.9 Å². The van der Waals surface area contributed by atoms with Gasteiger partial charge in [-0.2, -0.15) is 0 Å². The fourth-order valence-electron chi connectivity index (χ4n) is 2.90. The standard InChI is InChI=1S/C15H21N3O/c1-17-10-12(11-18-8-6-16-7-9-18)15-13(17)4-3-5-14(15)19-2/h3-5,10,16H,6-9,11H2,1-2H3. The lowest BCUT2D eigenvalue weighted by Crippen LogP contribution is -2.42. The van der Waals surface area contributed by atoms with E-state index >= 15 is 0 Å². The molecule has 1 aliphatic heterocycles. The Labute approximate surface area is 114 Å². The van der Waals surface area contributed by atoms with E-state index in [1.807, 2.05) is 6.07 Å². The molecule has 1 saturated heterocycles. The molecule has 1 N–H and O–H groups in total. The largest absolute Gasteiger partial charge is 0.496 e. The maximum atomic E-state index is 5.53. The van der Waals surface area contributed by atoms with E-state index in [-0.39, 0.29) is 0 Å². The highest BCUT2D eigenvalue weighted by Crippen LogP contribution is 2.30. The van der Waals surface area contributed by atoms with E-state index < -0.39 is 0 Å². The summed E-state index contributed by atoms with van der Waals surface area (Å²) in [4.78, 5) is 2.50. The van der Waals surface area contributed by atoms with Crippen LogP contribution < -0.4 is 10.1 Å². The van der Waals surface area contributed by atoms with Crippen LogP contribution in [0.2, 0.25) is 0 Å². The summed E-state index contributed by atoms with van der Waals surface area (Å²) in [5.74, 6) is 0.975. The van der Waals surface area contributed by atoms with Crippen molar-refractivity contribution in [3.8, 4) is 5.75 Å². The van der Waals surface area contributed by atoms with Gasteiger partial charge in [0.05, 0.1) is 12.6 Å². The van der Waals surface area contributed by atoms with Crippen LogP contribution in [0, 0.1) is 0 Å². The van der Waals surface area contributed by atoms with Crippen molar-refractivity contribution < 1.29 is 4.74 Å². The van der Waals surface area contributed by atoms with E-state index in [1.165, 1.54) is 16.5 Å². The monoisotopic (exact) mass is 259 g/mol. The Morgan fingerprint density at radius 2 is 2.05 bits per heavy atom.